The van der Waals surface area contributed by atoms with Gasteiger partial charge in [0.2, 0.25) is 0 Å². The van der Waals surface area contributed by atoms with Crippen LogP contribution in [0.1, 0.15) is 46.0 Å². The molecule has 15 heavy (non-hydrogen) atoms. The first-order chi connectivity index (χ1) is 7.10. The topological polar surface area (TPSA) is 3.24 Å². The van der Waals surface area contributed by atoms with E-state index in [1.165, 1.54) is 45.2 Å². The van der Waals surface area contributed by atoms with E-state index in [-0.39, 0.29) is 0 Å². The van der Waals surface area contributed by atoms with Crippen LogP contribution < -0.4 is 0 Å². The molecule has 0 N–H and O–H groups in total. The summed E-state index contributed by atoms with van der Waals surface area (Å²) in [6.45, 7) is 7.33. The lowest BCUT2D eigenvalue weighted by Crippen LogP contribution is -2.44. The lowest BCUT2D eigenvalue weighted by atomic mass is 9.71. The van der Waals surface area contributed by atoms with Gasteiger partial charge in [0.25, 0.3) is 0 Å². The summed E-state index contributed by atoms with van der Waals surface area (Å²) in [7, 11) is 2.29. The Morgan fingerprint density at radius 2 is 2.27 bits per heavy atom. The van der Waals surface area contributed by atoms with E-state index >= 15 is 0 Å². The third-order valence-electron chi connectivity index (χ3n) is 4.17. The molecule has 0 radical (unpaired) electrons. The second kappa shape index (κ2) is 4.29. The van der Waals surface area contributed by atoms with Crippen molar-refractivity contribution < 1.29 is 0 Å². The maximum Gasteiger partial charge on any atom is 0.00381 e. The lowest BCUT2D eigenvalue weighted by Gasteiger charge is -2.44. The Morgan fingerprint density at radius 1 is 1.47 bits per heavy atom. The van der Waals surface area contributed by atoms with Crippen LogP contribution in [0.2, 0.25) is 0 Å². The Balaban J connectivity index is 2.10. The van der Waals surface area contributed by atoms with Gasteiger partial charge in [0.1, 0.15) is 0 Å². The summed E-state index contributed by atoms with van der Waals surface area (Å²) in [5.41, 5.74) is 2.23. The van der Waals surface area contributed by atoms with E-state index in [2.05, 4.69) is 31.9 Å². The largest absolute Gasteiger partial charge is 0.306 e. The zero-order valence-electron chi connectivity index (χ0n) is 10.6. The van der Waals surface area contributed by atoms with Crippen molar-refractivity contribution in [3.63, 3.8) is 0 Å². The molecule has 1 spiro atoms. The van der Waals surface area contributed by atoms with Crippen molar-refractivity contribution in [2.75, 3.05) is 20.1 Å². The summed E-state index contributed by atoms with van der Waals surface area (Å²) in [4.78, 5) is 2.54. The Morgan fingerprint density at radius 3 is 3.00 bits per heavy atom. The first-order valence-electron chi connectivity index (χ1n) is 6.44. The van der Waals surface area contributed by atoms with Crippen molar-refractivity contribution in [3.05, 3.63) is 11.6 Å². The van der Waals surface area contributed by atoms with Crippen LogP contribution >= 0.6 is 0 Å². The summed E-state index contributed by atoms with van der Waals surface area (Å²) in [5.74, 6) is 0.885. The quantitative estimate of drug-likeness (QED) is 0.550. The van der Waals surface area contributed by atoms with Gasteiger partial charge in [0.15, 0.2) is 0 Å². The van der Waals surface area contributed by atoms with Crippen molar-refractivity contribution in [2.24, 2.45) is 11.3 Å². The fourth-order valence-corrected chi connectivity index (χ4v) is 3.70. The molecule has 1 aliphatic heterocycles. The van der Waals surface area contributed by atoms with E-state index in [1.807, 2.05) is 0 Å². The van der Waals surface area contributed by atoms with Gasteiger partial charge in [0.05, 0.1) is 0 Å². The minimum Gasteiger partial charge on any atom is -0.306 e. The third-order valence-corrected chi connectivity index (χ3v) is 4.17. The first kappa shape index (κ1) is 11.2. The minimum atomic E-state index is 0.615. The fraction of sp³-hybridized carbons (Fsp3) is 0.857. The summed E-state index contributed by atoms with van der Waals surface area (Å²) in [6.07, 6.45) is 9.46. The second-order valence-electron chi connectivity index (χ2n) is 6.11. The number of nitrogens with zero attached hydrogens (tertiary/aromatic N) is 1. The van der Waals surface area contributed by atoms with E-state index in [1.54, 1.807) is 5.57 Å². The van der Waals surface area contributed by atoms with Gasteiger partial charge in [-0.15, -0.1) is 0 Å². The Bertz CT molecular complexity index is 244. The predicted octanol–water partition coefficient (Wildman–Crippen LogP) is 3.46. The molecule has 0 aromatic carbocycles. The van der Waals surface area contributed by atoms with Crippen LogP contribution in [0.4, 0.5) is 0 Å². The third kappa shape index (κ3) is 2.63. The maximum absolute atomic E-state index is 2.54. The number of allylic oxidation sites excluding steroid dienone is 2. The van der Waals surface area contributed by atoms with Gasteiger partial charge in [-0.3, -0.25) is 0 Å². The van der Waals surface area contributed by atoms with Crippen LogP contribution in [0, 0.1) is 11.3 Å². The van der Waals surface area contributed by atoms with E-state index in [4.69, 9.17) is 0 Å². The maximum atomic E-state index is 2.54. The summed E-state index contributed by atoms with van der Waals surface area (Å²) in [5, 5.41) is 0. The molecule has 0 bridgehead atoms. The lowest BCUT2D eigenvalue weighted by molar-refractivity contribution is 0.0657. The van der Waals surface area contributed by atoms with Gasteiger partial charge in [0, 0.05) is 13.1 Å². The SMILES string of the molecule is CC1=CCC2(CCC1)CC(C)CN(C)C2. The van der Waals surface area contributed by atoms with Crippen LogP contribution in [0.5, 0.6) is 0 Å². The minimum absolute atomic E-state index is 0.615. The molecule has 1 heterocycles. The Hall–Kier alpha value is -0.300. The summed E-state index contributed by atoms with van der Waals surface area (Å²) >= 11 is 0. The smallest absolute Gasteiger partial charge is 0.00381 e. The summed E-state index contributed by atoms with van der Waals surface area (Å²) in [6, 6.07) is 0. The molecule has 1 nitrogen and oxygen atoms in total. The molecule has 0 aromatic heterocycles. The molecule has 0 saturated carbocycles. The number of hydrogen-bond acceptors (Lipinski definition) is 1. The zero-order chi connectivity index (χ0) is 10.9. The average Bonchev–Trinajstić information content (AvgIpc) is 2.28. The molecule has 1 aliphatic carbocycles. The highest BCUT2D eigenvalue weighted by atomic mass is 15.1. The van der Waals surface area contributed by atoms with Crippen molar-refractivity contribution in [1.29, 1.82) is 0 Å². The first-order valence-corrected chi connectivity index (χ1v) is 6.44. The van der Waals surface area contributed by atoms with E-state index < -0.39 is 0 Å². The normalized spacial score (nSPS) is 38.9. The molecule has 2 rings (SSSR count). The standard InChI is InChI=1S/C14H25N/c1-12-5-4-7-14(8-6-12)9-13(2)10-15(3)11-14/h6,13H,4-5,7-11H2,1-3H3. The van der Waals surface area contributed by atoms with Gasteiger partial charge in [-0.25, -0.2) is 0 Å². The highest BCUT2D eigenvalue weighted by Crippen LogP contribution is 2.42. The molecule has 1 heteroatoms. The molecule has 0 aromatic rings. The fourth-order valence-electron chi connectivity index (χ4n) is 3.70. The highest BCUT2D eigenvalue weighted by Gasteiger charge is 2.36. The molecular weight excluding hydrogens is 182 g/mol. The Kier molecular flexibility index (Phi) is 3.20. The highest BCUT2D eigenvalue weighted by molar-refractivity contribution is 5.06. The number of likely N-dealkylation sites (tertiary alicyclic amines) is 1. The monoisotopic (exact) mass is 207 g/mol. The van der Waals surface area contributed by atoms with Gasteiger partial charge < -0.3 is 4.90 Å². The van der Waals surface area contributed by atoms with Crippen molar-refractivity contribution in [2.45, 2.75) is 46.0 Å². The van der Waals surface area contributed by atoms with Crippen molar-refractivity contribution in [1.82, 2.24) is 4.90 Å². The van der Waals surface area contributed by atoms with Crippen LogP contribution in [0.15, 0.2) is 11.6 Å². The Labute approximate surface area is 94.5 Å². The van der Waals surface area contributed by atoms with Gasteiger partial charge >= 0.3 is 0 Å². The molecule has 1 fully saturated rings. The second-order valence-corrected chi connectivity index (χ2v) is 6.11. The molecule has 1 saturated heterocycles. The summed E-state index contributed by atoms with van der Waals surface area (Å²) < 4.78 is 0. The number of rotatable bonds is 0. The zero-order valence-corrected chi connectivity index (χ0v) is 10.6. The van der Waals surface area contributed by atoms with Crippen LogP contribution in [-0.2, 0) is 0 Å². The molecule has 0 amide bonds. The molecule has 2 aliphatic rings. The van der Waals surface area contributed by atoms with Gasteiger partial charge in [-0.1, -0.05) is 18.6 Å². The van der Waals surface area contributed by atoms with E-state index in [9.17, 15) is 0 Å². The van der Waals surface area contributed by atoms with Crippen LogP contribution in [-0.4, -0.2) is 25.0 Å². The van der Waals surface area contributed by atoms with Gasteiger partial charge in [-0.2, -0.15) is 0 Å². The number of piperidine rings is 1. The molecule has 86 valence electrons. The number of hydrogen-bond donors (Lipinski definition) is 0. The van der Waals surface area contributed by atoms with E-state index in [0.717, 1.165) is 5.92 Å². The molecule has 2 atom stereocenters. The van der Waals surface area contributed by atoms with Gasteiger partial charge in [-0.05, 0) is 57.4 Å². The van der Waals surface area contributed by atoms with Crippen molar-refractivity contribution in [3.8, 4) is 0 Å². The van der Waals surface area contributed by atoms with Crippen LogP contribution in [0.3, 0.4) is 0 Å². The predicted molar refractivity (Wildman–Crippen MR) is 65.9 cm³/mol. The van der Waals surface area contributed by atoms with Crippen LogP contribution in [0.25, 0.3) is 0 Å². The average molecular weight is 207 g/mol. The molecular formula is C14H25N. The van der Waals surface area contributed by atoms with E-state index in [0.29, 0.717) is 5.41 Å². The van der Waals surface area contributed by atoms with Crippen molar-refractivity contribution >= 4 is 0 Å². The molecule has 2 unspecified atom stereocenters.